The second-order valence-corrected chi connectivity index (χ2v) is 27.8. The summed E-state index contributed by atoms with van der Waals surface area (Å²) in [5.41, 5.74) is 4.66. The number of carbonyl (C=O) groups excluding carboxylic acids is 2. The predicted octanol–water partition coefficient (Wildman–Crippen LogP) is 23.3. The molecule has 6 nitrogen and oxygen atoms in total. The van der Waals surface area contributed by atoms with Gasteiger partial charge in [-0.1, -0.05) is 264 Å². The Kier molecular flexibility index (Phi) is 50.3. The van der Waals surface area contributed by atoms with E-state index in [-0.39, 0.29) is 11.9 Å². The minimum atomic E-state index is -0.425. The van der Waals surface area contributed by atoms with Crippen molar-refractivity contribution in [3.63, 3.8) is 0 Å². The zero-order valence-electron chi connectivity index (χ0n) is 54.7. The van der Waals surface area contributed by atoms with Crippen molar-refractivity contribution in [2.45, 2.75) is 368 Å². The normalized spacial score (nSPS) is 16.8. The second kappa shape index (κ2) is 53.9. The zero-order chi connectivity index (χ0) is 58.6. The Bertz CT molecular complexity index is 1560. The Morgan fingerprint density at radius 1 is 0.543 bits per heavy atom. The second-order valence-electron chi connectivity index (χ2n) is 26.1. The first-order chi connectivity index (χ1) is 39.6. The molecule has 1 saturated heterocycles. The molecule has 0 aromatic rings. The van der Waals surface area contributed by atoms with Crippen LogP contribution in [0.25, 0.3) is 0 Å². The number of thioether (sulfide) groups is 1. The molecule has 1 N–H and O–H groups in total. The highest BCUT2D eigenvalue weighted by Gasteiger charge is 2.36. The summed E-state index contributed by atoms with van der Waals surface area (Å²) in [6, 6.07) is 0. The molecule has 3 fully saturated rings. The lowest BCUT2D eigenvalue weighted by molar-refractivity contribution is -0.154. The minimum absolute atomic E-state index is 0.124. The van der Waals surface area contributed by atoms with Gasteiger partial charge in [0.1, 0.15) is 13.2 Å². The van der Waals surface area contributed by atoms with Crippen LogP contribution >= 0.6 is 24.4 Å². The van der Waals surface area contributed by atoms with Crippen molar-refractivity contribution in [1.29, 1.82) is 0 Å². The Balaban J connectivity index is 0.00000348. The number of carbonyl (C=O) groups is 2. The van der Waals surface area contributed by atoms with Crippen LogP contribution in [-0.4, -0.2) is 54.5 Å². The fourth-order valence-corrected chi connectivity index (χ4v) is 14.3. The molecular formula is C73H135NO5S2. The summed E-state index contributed by atoms with van der Waals surface area (Å²) in [5.74, 6) is 6.94. The molecule has 3 aliphatic rings. The summed E-state index contributed by atoms with van der Waals surface area (Å²) in [6.45, 7) is 19.6. The van der Waals surface area contributed by atoms with Crippen molar-refractivity contribution in [2.75, 3.05) is 31.3 Å². The molecule has 474 valence electrons. The average Bonchev–Trinajstić information content (AvgIpc) is 4.42. The molecule has 4 atom stereocenters. The van der Waals surface area contributed by atoms with Gasteiger partial charge in [0.15, 0.2) is 6.10 Å². The summed E-state index contributed by atoms with van der Waals surface area (Å²) in [6.07, 6.45) is 60.3. The van der Waals surface area contributed by atoms with E-state index in [4.69, 9.17) is 14.2 Å². The molecule has 0 bridgehead atoms. The lowest BCUT2D eigenvalue weighted by Gasteiger charge is -2.25. The van der Waals surface area contributed by atoms with Crippen LogP contribution in [0.4, 0.5) is 0 Å². The van der Waals surface area contributed by atoms with E-state index in [0.29, 0.717) is 26.1 Å². The van der Waals surface area contributed by atoms with Crippen LogP contribution < -0.4 is 5.32 Å². The quantitative estimate of drug-likeness (QED) is 0.0208. The molecule has 0 spiro atoms. The number of allylic oxidation sites excluding steroid dienone is 5. The highest BCUT2D eigenvalue weighted by atomic mass is 32.2. The Morgan fingerprint density at radius 3 is 1.42 bits per heavy atom. The number of hydrogen-bond donors (Lipinski definition) is 2. The molecule has 0 aromatic carbocycles. The topological polar surface area (TPSA) is 73.9 Å². The largest absolute Gasteiger partial charge is 0.495 e. The molecule has 8 heteroatoms. The van der Waals surface area contributed by atoms with E-state index < -0.39 is 6.10 Å². The maximum atomic E-state index is 13.2. The third-order valence-corrected chi connectivity index (χ3v) is 19.7. The molecule has 3 rings (SSSR count). The number of hydrogen-bond acceptors (Lipinski definition) is 7. The number of unbranched alkanes of at least 4 members (excludes halogenated alkanes) is 35. The van der Waals surface area contributed by atoms with Crippen LogP contribution in [0.15, 0.2) is 34.8 Å². The number of esters is 1. The summed E-state index contributed by atoms with van der Waals surface area (Å²) in [4.78, 5) is 25.6. The highest BCUT2D eigenvalue weighted by molar-refractivity contribution is 8.00. The third-order valence-electron chi connectivity index (χ3n) is 17.8. The number of amides is 1. The number of thiol groups is 1. The highest BCUT2D eigenvalue weighted by Crippen LogP contribution is 2.44. The lowest BCUT2D eigenvalue weighted by Crippen LogP contribution is -2.28. The van der Waals surface area contributed by atoms with Gasteiger partial charge in [0.2, 0.25) is 5.91 Å². The van der Waals surface area contributed by atoms with Crippen molar-refractivity contribution in [3.8, 4) is 0 Å². The Hall–Kier alpha value is -1.54. The number of nitrogens with one attached hydrogen (secondary N) is 1. The van der Waals surface area contributed by atoms with Gasteiger partial charge in [-0.15, -0.1) is 0 Å². The van der Waals surface area contributed by atoms with E-state index in [1.54, 1.807) is 5.57 Å². The fraction of sp³-hybridized carbons (Fsp3) is 0.890. The molecule has 1 aliphatic heterocycles. The van der Waals surface area contributed by atoms with Crippen LogP contribution in [0, 0.1) is 17.8 Å². The van der Waals surface area contributed by atoms with Crippen molar-refractivity contribution in [2.24, 2.45) is 17.8 Å². The molecule has 4 unspecified atom stereocenters. The number of rotatable bonds is 57. The van der Waals surface area contributed by atoms with E-state index in [1.165, 1.54) is 254 Å². The lowest BCUT2D eigenvalue weighted by atomic mass is 9.80. The van der Waals surface area contributed by atoms with Crippen LogP contribution in [0.1, 0.15) is 356 Å². The van der Waals surface area contributed by atoms with Gasteiger partial charge in [-0.05, 0) is 119 Å². The fourth-order valence-electron chi connectivity index (χ4n) is 12.0. The Morgan fingerprint density at radius 2 is 0.975 bits per heavy atom. The smallest absolute Gasteiger partial charge is 0.306 e. The summed E-state index contributed by atoms with van der Waals surface area (Å²) < 4.78 is 18.8. The van der Waals surface area contributed by atoms with Crippen molar-refractivity contribution in [1.82, 2.24) is 5.32 Å². The van der Waals surface area contributed by atoms with Crippen molar-refractivity contribution >= 4 is 36.3 Å². The van der Waals surface area contributed by atoms with Crippen LogP contribution in [0.3, 0.4) is 0 Å². The van der Waals surface area contributed by atoms with Gasteiger partial charge in [-0.3, -0.25) is 9.59 Å². The average molecular weight is 1170 g/mol. The molecular weight excluding hydrogens is 1030 g/mol. The van der Waals surface area contributed by atoms with Crippen LogP contribution in [-0.2, 0) is 23.8 Å². The van der Waals surface area contributed by atoms with Gasteiger partial charge in [0.05, 0.1) is 11.5 Å². The monoisotopic (exact) mass is 1170 g/mol. The van der Waals surface area contributed by atoms with Crippen LogP contribution in [0.2, 0.25) is 0 Å². The zero-order valence-corrected chi connectivity index (χ0v) is 56.4. The summed E-state index contributed by atoms with van der Waals surface area (Å²) >= 11 is 6.52. The third kappa shape index (κ3) is 45.4. The number of ether oxygens (including phenoxy) is 3. The first-order valence-electron chi connectivity index (χ1n) is 35.6. The SMILES string of the molecule is C=C(CCCCCCCCCCCCCCCCC)OCC(COC(CCCCCCCCCCCNC(=O)CCCCC1SCC(C(C)C)C1CC)=C1CC1)OC(=O)CCCCCCCCCCCCCCCS.CC(C)=C1CC1. The minimum Gasteiger partial charge on any atom is -0.495 e. The molecule has 2 aliphatic carbocycles. The first-order valence-corrected chi connectivity index (χ1v) is 37.3. The van der Waals surface area contributed by atoms with E-state index in [1.807, 2.05) is 0 Å². The van der Waals surface area contributed by atoms with Gasteiger partial charge in [0.25, 0.3) is 0 Å². The standard InChI is InChI=1S/C67H125NO5S2.C6H10/c1-6-8-9-10-11-12-13-14-15-17-20-24-29-34-39-46-59(5)71-55-61(73-67(70)50-41-36-31-26-21-18-16-19-22-28-33-38-45-54-74)56-72-64(60-51-52-60)47-40-35-30-25-23-27-32-37-44-53-68-66(69)49-43-42-48-65-62(7-2)63(57-75-65)58(3)4;1-5(2)6-3-4-6/h58,61-63,65,74H,5-57H2,1-4H3,(H,68,69);3-4H2,1-2H3. The maximum Gasteiger partial charge on any atom is 0.306 e. The van der Waals surface area contributed by atoms with Crippen molar-refractivity contribution < 1.29 is 23.8 Å². The van der Waals surface area contributed by atoms with E-state index in [2.05, 4.69) is 77.8 Å². The molecule has 2 saturated carbocycles. The van der Waals surface area contributed by atoms with E-state index in [0.717, 1.165) is 111 Å². The van der Waals surface area contributed by atoms with Gasteiger partial charge in [0, 0.05) is 37.5 Å². The van der Waals surface area contributed by atoms with Gasteiger partial charge in [-0.25, -0.2) is 0 Å². The molecule has 0 radical (unpaired) electrons. The van der Waals surface area contributed by atoms with E-state index >= 15 is 0 Å². The van der Waals surface area contributed by atoms with Crippen LogP contribution in [0.5, 0.6) is 0 Å². The van der Waals surface area contributed by atoms with Gasteiger partial charge >= 0.3 is 5.97 Å². The maximum absolute atomic E-state index is 13.2. The molecule has 1 heterocycles. The molecule has 0 aromatic heterocycles. The molecule has 1 amide bonds. The Labute approximate surface area is 513 Å². The van der Waals surface area contributed by atoms with Gasteiger partial charge in [-0.2, -0.15) is 24.4 Å². The molecule has 81 heavy (non-hydrogen) atoms. The summed E-state index contributed by atoms with van der Waals surface area (Å²) in [7, 11) is 0. The van der Waals surface area contributed by atoms with Gasteiger partial charge < -0.3 is 19.5 Å². The predicted molar refractivity (Wildman–Crippen MR) is 359 cm³/mol. The summed E-state index contributed by atoms with van der Waals surface area (Å²) in [5, 5.41) is 3.99. The van der Waals surface area contributed by atoms with Crippen molar-refractivity contribution in [3.05, 3.63) is 34.8 Å². The van der Waals surface area contributed by atoms with E-state index in [9.17, 15) is 9.59 Å². The first kappa shape index (κ1) is 75.6.